The Bertz CT molecular complexity index is 1550. The van der Waals surface area contributed by atoms with E-state index in [2.05, 4.69) is 15.5 Å². The predicted molar refractivity (Wildman–Crippen MR) is 151 cm³/mol. The molecule has 7 nitrogen and oxygen atoms in total. The van der Waals surface area contributed by atoms with Crippen LogP contribution in [0.2, 0.25) is 0 Å². The number of rotatable bonds is 7. The fraction of sp³-hybridized carbons (Fsp3) is 0.516. The lowest BCUT2D eigenvalue weighted by atomic mass is 9.71. The molecule has 1 aliphatic carbocycles. The van der Waals surface area contributed by atoms with E-state index in [1.165, 1.54) is 16.1 Å². The predicted octanol–water partition coefficient (Wildman–Crippen LogP) is 5.97. The zero-order valence-electron chi connectivity index (χ0n) is 24.5. The van der Waals surface area contributed by atoms with Crippen LogP contribution >= 0.6 is 0 Å². The number of aryl methyl sites for hydroxylation is 1. The third kappa shape index (κ3) is 5.71. The molecule has 1 saturated carbocycles. The Kier molecular flexibility index (Phi) is 7.55. The summed E-state index contributed by atoms with van der Waals surface area (Å²) in [6.07, 6.45) is -3.83. The number of carbonyl (C=O) groups is 1. The molecule has 0 bridgehead atoms. The van der Waals surface area contributed by atoms with Gasteiger partial charge in [0.05, 0.1) is 24.1 Å². The van der Waals surface area contributed by atoms with Crippen molar-refractivity contribution in [2.45, 2.75) is 75.4 Å². The van der Waals surface area contributed by atoms with E-state index in [1.807, 2.05) is 13.0 Å². The molecule has 1 saturated heterocycles. The van der Waals surface area contributed by atoms with Gasteiger partial charge in [-0.2, -0.15) is 26.3 Å². The Hall–Kier alpha value is -3.45. The molecule has 3 aromatic rings. The summed E-state index contributed by atoms with van der Waals surface area (Å²) < 4.78 is 84.0. The minimum Gasteiger partial charge on any atom is -0.320 e. The molecule has 13 heteroatoms. The summed E-state index contributed by atoms with van der Waals surface area (Å²) in [7, 11) is 1.76. The van der Waals surface area contributed by atoms with E-state index < -0.39 is 35.8 Å². The molecular formula is C31H34F6N6O. The van der Waals surface area contributed by atoms with Gasteiger partial charge in [0.1, 0.15) is 12.2 Å². The first-order chi connectivity index (χ1) is 20.7. The second kappa shape index (κ2) is 10.9. The number of likely N-dealkylation sites (tertiary alicyclic amines) is 1. The van der Waals surface area contributed by atoms with E-state index in [0.29, 0.717) is 29.9 Å². The van der Waals surface area contributed by atoms with E-state index in [1.54, 1.807) is 35.9 Å². The third-order valence-corrected chi connectivity index (χ3v) is 9.55. The fourth-order valence-electron chi connectivity index (χ4n) is 6.91. The summed E-state index contributed by atoms with van der Waals surface area (Å²) in [6.45, 7) is 1.34. The zero-order chi connectivity index (χ0) is 31.5. The number of nitrogens with zero attached hydrogens (tertiary/aromatic N) is 5. The van der Waals surface area contributed by atoms with Gasteiger partial charge in [-0.25, -0.2) is 0 Å². The summed E-state index contributed by atoms with van der Waals surface area (Å²) in [5, 5.41) is 11.7. The second-order valence-electron chi connectivity index (χ2n) is 12.6. The van der Waals surface area contributed by atoms with Crippen LogP contribution in [-0.4, -0.2) is 56.9 Å². The molecule has 0 atom stereocenters. The number of fused-ring (bicyclic) bond motifs is 1. The normalized spacial score (nSPS) is 20.1. The second-order valence-corrected chi connectivity index (χ2v) is 12.6. The highest BCUT2D eigenvalue weighted by atomic mass is 19.4. The van der Waals surface area contributed by atoms with Crippen molar-refractivity contribution in [3.05, 3.63) is 76.4 Å². The van der Waals surface area contributed by atoms with Crippen molar-refractivity contribution in [3.63, 3.8) is 0 Å². The average Bonchev–Trinajstić information content (AvgIpc) is 3.53. The van der Waals surface area contributed by atoms with Gasteiger partial charge in [-0.05, 0) is 93.1 Å². The lowest BCUT2D eigenvalue weighted by Gasteiger charge is -2.41. The Morgan fingerprint density at radius 2 is 1.73 bits per heavy atom. The number of carbonyl (C=O) groups excluding carboxylic acids is 1. The minimum atomic E-state index is -4.64. The topological polar surface area (TPSA) is 66.3 Å². The lowest BCUT2D eigenvalue weighted by molar-refractivity contribution is -0.148. The quantitative estimate of drug-likeness (QED) is 0.330. The molecule has 3 heterocycles. The highest BCUT2D eigenvalue weighted by Gasteiger charge is 2.45. The Balaban J connectivity index is 1.32. The number of hydrogen-bond acceptors (Lipinski definition) is 5. The smallest absolute Gasteiger partial charge is 0.320 e. The number of piperidine rings is 1. The first-order valence-electron chi connectivity index (χ1n) is 14.7. The maximum absolute atomic E-state index is 14.3. The van der Waals surface area contributed by atoms with Crippen molar-refractivity contribution in [2.24, 2.45) is 7.05 Å². The van der Waals surface area contributed by atoms with Gasteiger partial charge in [0.25, 0.3) is 5.91 Å². The molecule has 1 amide bonds. The molecule has 0 radical (unpaired) electrons. The molecule has 1 N–H and O–H groups in total. The Morgan fingerprint density at radius 1 is 1.00 bits per heavy atom. The number of hydrogen-bond donors (Lipinski definition) is 1. The SMILES string of the molecule is Cn1cnnc1C1(c2cccc(N3Cc4c(cc(CNC5(C)CCC5)cc4C(F)(F)F)C3=O)c2)CCN(CC(F)(F)F)CC1. The molecule has 3 aliphatic rings. The van der Waals surface area contributed by atoms with Crippen molar-refractivity contribution in [1.29, 1.82) is 0 Å². The molecule has 236 valence electrons. The summed E-state index contributed by atoms with van der Waals surface area (Å²) in [5.41, 5.74) is -0.222. The van der Waals surface area contributed by atoms with E-state index in [0.717, 1.165) is 30.9 Å². The number of nitrogens with one attached hydrogen (secondary N) is 1. The first kappa shape index (κ1) is 30.6. The molecule has 6 rings (SSSR count). The van der Waals surface area contributed by atoms with Crippen molar-refractivity contribution >= 4 is 11.6 Å². The van der Waals surface area contributed by atoms with Crippen LogP contribution in [0.1, 0.15) is 77.5 Å². The number of alkyl halides is 6. The molecule has 2 aliphatic heterocycles. The number of anilines is 1. The van der Waals surface area contributed by atoms with Crippen molar-refractivity contribution in [3.8, 4) is 0 Å². The molecular weight excluding hydrogens is 586 g/mol. The van der Waals surface area contributed by atoms with Crippen LogP contribution in [0.3, 0.4) is 0 Å². The lowest BCUT2D eigenvalue weighted by Crippen LogP contribution is -2.47. The van der Waals surface area contributed by atoms with Crippen LogP contribution in [-0.2, 0) is 31.7 Å². The summed E-state index contributed by atoms with van der Waals surface area (Å²) in [6, 6.07) is 9.68. The van der Waals surface area contributed by atoms with Gasteiger partial charge in [0, 0.05) is 30.4 Å². The maximum atomic E-state index is 14.3. The average molecular weight is 621 g/mol. The van der Waals surface area contributed by atoms with Gasteiger partial charge < -0.3 is 14.8 Å². The summed E-state index contributed by atoms with van der Waals surface area (Å²) >= 11 is 0. The highest BCUT2D eigenvalue weighted by Crippen LogP contribution is 2.44. The first-order valence-corrected chi connectivity index (χ1v) is 14.7. The highest BCUT2D eigenvalue weighted by molar-refractivity contribution is 6.10. The van der Waals surface area contributed by atoms with Crippen LogP contribution in [0, 0.1) is 0 Å². The van der Waals surface area contributed by atoms with Crippen LogP contribution in [0.5, 0.6) is 0 Å². The maximum Gasteiger partial charge on any atom is 0.416 e. The zero-order valence-corrected chi connectivity index (χ0v) is 24.5. The van der Waals surface area contributed by atoms with Crippen LogP contribution in [0.15, 0.2) is 42.7 Å². The van der Waals surface area contributed by atoms with Gasteiger partial charge in [-0.15, -0.1) is 10.2 Å². The van der Waals surface area contributed by atoms with E-state index in [9.17, 15) is 31.1 Å². The third-order valence-electron chi connectivity index (χ3n) is 9.55. The van der Waals surface area contributed by atoms with Gasteiger partial charge >= 0.3 is 12.4 Å². The molecule has 1 aromatic heterocycles. The fourth-order valence-corrected chi connectivity index (χ4v) is 6.91. The monoisotopic (exact) mass is 620 g/mol. The van der Waals surface area contributed by atoms with Crippen LogP contribution in [0.25, 0.3) is 0 Å². The number of amides is 1. The van der Waals surface area contributed by atoms with E-state index >= 15 is 0 Å². The standard InChI is InChI=1S/C31H34F6N6O/c1-28(7-4-8-28)38-16-20-13-23-24(25(14-20)31(35,36)37)17-43(26(23)44)22-6-3-5-21(15-22)29(27-40-39-19-41(27)2)9-11-42(12-10-29)18-30(32,33)34/h3,5-6,13-15,19,38H,4,7-12,16-18H2,1-2H3. The van der Waals surface area contributed by atoms with Gasteiger partial charge in [0.15, 0.2) is 0 Å². The molecule has 44 heavy (non-hydrogen) atoms. The van der Waals surface area contributed by atoms with Gasteiger partial charge in [-0.3, -0.25) is 9.69 Å². The van der Waals surface area contributed by atoms with Crippen molar-refractivity contribution in [1.82, 2.24) is 25.0 Å². The Morgan fingerprint density at radius 3 is 2.32 bits per heavy atom. The van der Waals surface area contributed by atoms with Gasteiger partial charge in [0.2, 0.25) is 0 Å². The van der Waals surface area contributed by atoms with Crippen LogP contribution < -0.4 is 10.2 Å². The van der Waals surface area contributed by atoms with Gasteiger partial charge in [-0.1, -0.05) is 12.1 Å². The van der Waals surface area contributed by atoms with Crippen molar-refractivity contribution < 1.29 is 31.1 Å². The summed E-state index contributed by atoms with van der Waals surface area (Å²) in [4.78, 5) is 16.4. The van der Waals surface area contributed by atoms with Crippen molar-refractivity contribution in [2.75, 3.05) is 24.5 Å². The molecule has 2 fully saturated rings. The molecule has 0 spiro atoms. The Labute approximate surface area is 251 Å². The van der Waals surface area contributed by atoms with E-state index in [-0.39, 0.29) is 42.8 Å². The molecule has 2 aromatic carbocycles. The number of halogens is 6. The largest absolute Gasteiger partial charge is 0.416 e. The molecule has 0 unspecified atom stereocenters. The van der Waals surface area contributed by atoms with Crippen LogP contribution in [0.4, 0.5) is 32.0 Å². The minimum absolute atomic E-state index is 0.0317. The van der Waals surface area contributed by atoms with E-state index in [4.69, 9.17) is 0 Å². The number of benzene rings is 2. The number of aromatic nitrogens is 3. The summed E-state index contributed by atoms with van der Waals surface area (Å²) in [5.74, 6) is 0.0565.